The number of piperidine rings is 1. The van der Waals surface area contributed by atoms with E-state index in [9.17, 15) is 9.59 Å². The fraction of sp³-hybridized carbons (Fsp3) is 0.556. The van der Waals surface area contributed by atoms with Gasteiger partial charge in [-0.3, -0.25) is 14.5 Å². The van der Waals surface area contributed by atoms with Crippen molar-refractivity contribution < 1.29 is 9.59 Å². The number of carbonyl (C=O) groups excluding carboxylic acids is 2. The van der Waals surface area contributed by atoms with Gasteiger partial charge in [0.2, 0.25) is 5.91 Å². The van der Waals surface area contributed by atoms with E-state index in [1.807, 2.05) is 17.0 Å². The van der Waals surface area contributed by atoms with E-state index in [0.29, 0.717) is 12.1 Å². The Labute approximate surface area is 137 Å². The molecule has 1 N–H and O–H groups in total. The standard InChI is InChI=1S/C18H25N3O2/c22-17(14-20-10-2-1-3-11-20)19-16-8-6-15(7-9-16)18(23)21-12-4-5-13-21/h6-9H,1-5,10-14H2,(H,19,22). The maximum atomic E-state index is 12.3. The van der Waals surface area contributed by atoms with Crippen LogP contribution in [0.4, 0.5) is 5.69 Å². The summed E-state index contributed by atoms with van der Waals surface area (Å²) in [6.07, 6.45) is 5.82. The Kier molecular flexibility index (Phi) is 5.28. The first-order valence-electron chi connectivity index (χ1n) is 8.64. The van der Waals surface area contributed by atoms with Crippen molar-refractivity contribution in [1.82, 2.24) is 9.80 Å². The predicted molar refractivity (Wildman–Crippen MR) is 90.5 cm³/mol. The van der Waals surface area contributed by atoms with Crippen molar-refractivity contribution in [2.45, 2.75) is 32.1 Å². The zero-order valence-electron chi connectivity index (χ0n) is 13.6. The van der Waals surface area contributed by atoms with Crippen molar-refractivity contribution in [3.8, 4) is 0 Å². The molecule has 1 aromatic carbocycles. The Morgan fingerprint density at radius 2 is 1.48 bits per heavy atom. The maximum absolute atomic E-state index is 12.3. The number of nitrogens with one attached hydrogen (secondary N) is 1. The highest BCUT2D eigenvalue weighted by atomic mass is 16.2. The summed E-state index contributed by atoms with van der Waals surface area (Å²) < 4.78 is 0. The minimum atomic E-state index is 0.0190. The van der Waals surface area contributed by atoms with Crippen molar-refractivity contribution in [1.29, 1.82) is 0 Å². The number of nitrogens with zero attached hydrogens (tertiary/aromatic N) is 2. The number of anilines is 1. The van der Waals surface area contributed by atoms with Crippen LogP contribution in [0.1, 0.15) is 42.5 Å². The summed E-state index contributed by atoms with van der Waals surface area (Å²) in [5.74, 6) is 0.110. The highest BCUT2D eigenvalue weighted by molar-refractivity contribution is 5.96. The lowest BCUT2D eigenvalue weighted by Crippen LogP contribution is -2.36. The highest BCUT2D eigenvalue weighted by Gasteiger charge is 2.19. The molecule has 0 unspecified atom stereocenters. The average molecular weight is 315 g/mol. The predicted octanol–water partition coefficient (Wildman–Crippen LogP) is 2.35. The number of amides is 2. The van der Waals surface area contributed by atoms with Gasteiger partial charge < -0.3 is 10.2 Å². The lowest BCUT2D eigenvalue weighted by molar-refractivity contribution is -0.117. The van der Waals surface area contributed by atoms with Crippen molar-refractivity contribution >= 4 is 17.5 Å². The van der Waals surface area contributed by atoms with E-state index < -0.39 is 0 Å². The van der Waals surface area contributed by atoms with Gasteiger partial charge in [0, 0.05) is 24.3 Å². The number of likely N-dealkylation sites (tertiary alicyclic amines) is 2. The second-order valence-electron chi connectivity index (χ2n) is 6.46. The monoisotopic (exact) mass is 315 g/mol. The molecule has 0 aliphatic carbocycles. The van der Waals surface area contributed by atoms with Crippen molar-refractivity contribution in [3.05, 3.63) is 29.8 Å². The van der Waals surface area contributed by atoms with Crippen LogP contribution in [-0.2, 0) is 4.79 Å². The zero-order valence-corrected chi connectivity index (χ0v) is 13.6. The largest absolute Gasteiger partial charge is 0.339 e. The van der Waals surface area contributed by atoms with Crippen molar-refractivity contribution in [3.63, 3.8) is 0 Å². The van der Waals surface area contributed by atoms with Gasteiger partial charge in [-0.05, 0) is 63.0 Å². The van der Waals surface area contributed by atoms with Crippen LogP contribution in [0.5, 0.6) is 0 Å². The molecular weight excluding hydrogens is 290 g/mol. The first-order chi connectivity index (χ1) is 11.2. The van der Waals surface area contributed by atoms with Gasteiger partial charge in [-0.25, -0.2) is 0 Å². The molecule has 0 aromatic heterocycles. The first-order valence-corrected chi connectivity index (χ1v) is 8.64. The van der Waals surface area contributed by atoms with Crippen LogP contribution in [0, 0.1) is 0 Å². The van der Waals surface area contributed by atoms with Crippen LogP contribution in [0.3, 0.4) is 0 Å². The van der Waals surface area contributed by atoms with E-state index in [1.165, 1.54) is 19.3 Å². The fourth-order valence-corrected chi connectivity index (χ4v) is 3.32. The van der Waals surface area contributed by atoms with E-state index in [0.717, 1.165) is 44.7 Å². The average Bonchev–Trinajstić information content (AvgIpc) is 3.10. The second-order valence-corrected chi connectivity index (χ2v) is 6.46. The minimum Gasteiger partial charge on any atom is -0.339 e. The summed E-state index contributed by atoms with van der Waals surface area (Å²) in [6.45, 7) is 4.18. The van der Waals surface area contributed by atoms with Gasteiger partial charge in [0.15, 0.2) is 0 Å². The Balaban J connectivity index is 1.52. The van der Waals surface area contributed by atoms with Crippen LogP contribution in [-0.4, -0.2) is 54.3 Å². The van der Waals surface area contributed by atoms with Gasteiger partial charge in [0.25, 0.3) is 5.91 Å². The molecular formula is C18H25N3O2. The van der Waals surface area contributed by atoms with Gasteiger partial charge in [-0.15, -0.1) is 0 Å². The molecule has 2 heterocycles. The molecule has 1 aromatic rings. The molecule has 2 aliphatic rings. The van der Waals surface area contributed by atoms with Gasteiger partial charge in [0.1, 0.15) is 0 Å². The summed E-state index contributed by atoms with van der Waals surface area (Å²) in [5.41, 5.74) is 1.45. The molecule has 2 amide bonds. The van der Waals surface area contributed by atoms with Crippen molar-refractivity contribution in [2.75, 3.05) is 38.0 Å². The Hall–Kier alpha value is -1.88. The van der Waals surface area contributed by atoms with Crippen LogP contribution in [0.2, 0.25) is 0 Å². The third-order valence-corrected chi connectivity index (χ3v) is 4.62. The molecule has 5 nitrogen and oxygen atoms in total. The Morgan fingerprint density at radius 3 is 2.13 bits per heavy atom. The fourth-order valence-electron chi connectivity index (χ4n) is 3.32. The molecule has 0 bridgehead atoms. The van der Waals surface area contributed by atoms with Gasteiger partial charge >= 0.3 is 0 Å². The Morgan fingerprint density at radius 1 is 0.870 bits per heavy atom. The van der Waals surface area contributed by atoms with Crippen LogP contribution < -0.4 is 5.32 Å². The third kappa shape index (κ3) is 4.32. The summed E-state index contributed by atoms with van der Waals surface area (Å²) >= 11 is 0. The maximum Gasteiger partial charge on any atom is 0.253 e. The van der Waals surface area contributed by atoms with Crippen LogP contribution in [0.25, 0.3) is 0 Å². The van der Waals surface area contributed by atoms with E-state index in [2.05, 4.69) is 10.2 Å². The number of benzene rings is 1. The number of hydrogen-bond acceptors (Lipinski definition) is 3. The SMILES string of the molecule is O=C(CN1CCCCC1)Nc1ccc(C(=O)N2CCCC2)cc1. The van der Waals surface area contributed by atoms with Crippen LogP contribution in [0.15, 0.2) is 24.3 Å². The second kappa shape index (κ2) is 7.59. The molecule has 0 saturated carbocycles. The molecule has 5 heteroatoms. The smallest absolute Gasteiger partial charge is 0.253 e. The minimum absolute atomic E-state index is 0.0190. The molecule has 3 rings (SSSR count). The molecule has 2 fully saturated rings. The lowest BCUT2D eigenvalue weighted by atomic mass is 10.1. The first kappa shape index (κ1) is 16.0. The number of carbonyl (C=O) groups is 2. The lowest BCUT2D eigenvalue weighted by Gasteiger charge is -2.25. The molecule has 0 radical (unpaired) electrons. The van der Waals surface area contributed by atoms with Crippen LogP contribution >= 0.6 is 0 Å². The summed E-state index contributed by atoms with van der Waals surface area (Å²) in [6, 6.07) is 7.24. The molecule has 0 atom stereocenters. The summed E-state index contributed by atoms with van der Waals surface area (Å²) in [5, 5.41) is 2.92. The quantitative estimate of drug-likeness (QED) is 0.928. The van der Waals surface area contributed by atoms with E-state index in [-0.39, 0.29) is 11.8 Å². The van der Waals surface area contributed by atoms with Gasteiger partial charge in [-0.1, -0.05) is 6.42 Å². The van der Waals surface area contributed by atoms with Gasteiger partial charge in [0.05, 0.1) is 6.54 Å². The summed E-state index contributed by atoms with van der Waals surface area (Å²) in [4.78, 5) is 28.4. The number of rotatable bonds is 4. The molecule has 2 aliphatic heterocycles. The zero-order chi connectivity index (χ0) is 16.1. The van der Waals surface area contributed by atoms with E-state index >= 15 is 0 Å². The normalized spacial score (nSPS) is 18.9. The summed E-state index contributed by atoms with van der Waals surface area (Å²) in [7, 11) is 0. The molecule has 0 spiro atoms. The molecule has 2 saturated heterocycles. The number of hydrogen-bond donors (Lipinski definition) is 1. The molecule has 23 heavy (non-hydrogen) atoms. The van der Waals surface area contributed by atoms with E-state index in [1.54, 1.807) is 12.1 Å². The highest BCUT2D eigenvalue weighted by Crippen LogP contribution is 2.15. The Bertz CT molecular complexity index is 544. The van der Waals surface area contributed by atoms with Gasteiger partial charge in [-0.2, -0.15) is 0 Å². The third-order valence-electron chi connectivity index (χ3n) is 4.62. The topological polar surface area (TPSA) is 52.7 Å². The molecule has 124 valence electrons. The van der Waals surface area contributed by atoms with E-state index in [4.69, 9.17) is 0 Å². The van der Waals surface area contributed by atoms with Crippen molar-refractivity contribution in [2.24, 2.45) is 0 Å².